The van der Waals surface area contributed by atoms with Crippen LogP contribution in [0.5, 0.6) is 5.75 Å². The van der Waals surface area contributed by atoms with Gasteiger partial charge in [0.15, 0.2) is 6.61 Å². The van der Waals surface area contributed by atoms with Crippen LogP contribution in [0.1, 0.15) is 11.1 Å². The number of ether oxygens (including phenoxy) is 1. The molecule has 0 aliphatic carbocycles. The van der Waals surface area contributed by atoms with Gasteiger partial charge >= 0.3 is 0 Å². The Balaban J connectivity index is 1.86. The van der Waals surface area contributed by atoms with Crippen LogP contribution < -0.4 is 15.0 Å². The van der Waals surface area contributed by atoms with E-state index in [1.54, 1.807) is 24.3 Å². The zero-order valence-electron chi connectivity index (χ0n) is 12.9. The van der Waals surface area contributed by atoms with E-state index in [0.29, 0.717) is 5.75 Å². The van der Waals surface area contributed by atoms with Crippen molar-refractivity contribution in [2.75, 3.05) is 6.61 Å². The molecule has 0 atom stereocenters. The van der Waals surface area contributed by atoms with E-state index < -0.39 is 15.9 Å². The molecule has 2 aromatic carbocycles. The standard InChI is InChI=1S/C16H18N2O4S/c1-12-3-7-14(8-4-12)22-11-16(19)17-18-23(20,21)15-9-5-13(2)6-10-15/h3-10,18H,11H2,1-2H3,(H,17,19). The largest absolute Gasteiger partial charge is 0.484 e. The van der Waals surface area contributed by atoms with Gasteiger partial charge in [-0.2, -0.15) is 0 Å². The summed E-state index contributed by atoms with van der Waals surface area (Å²) >= 11 is 0. The average Bonchev–Trinajstić information content (AvgIpc) is 2.53. The van der Waals surface area contributed by atoms with Gasteiger partial charge in [0.1, 0.15) is 5.75 Å². The first-order chi connectivity index (χ1) is 10.9. The van der Waals surface area contributed by atoms with E-state index in [1.165, 1.54) is 12.1 Å². The van der Waals surface area contributed by atoms with E-state index in [-0.39, 0.29) is 11.5 Å². The van der Waals surface area contributed by atoms with Gasteiger partial charge in [0, 0.05) is 0 Å². The van der Waals surface area contributed by atoms with E-state index >= 15 is 0 Å². The molecule has 0 aliphatic heterocycles. The van der Waals surface area contributed by atoms with Crippen LogP contribution >= 0.6 is 0 Å². The fourth-order valence-corrected chi connectivity index (χ4v) is 2.58. The predicted molar refractivity (Wildman–Crippen MR) is 86.3 cm³/mol. The smallest absolute Gasteiger partial charge is 0.272 e. The normalized spacial score (nSPS) is 11.0. The Labute approximate surface area is 135 Å². The average molecular weight is 334 g/mol. The van der Waals surface area contributed by atoms with E-state index in [2.05, 4.69) is 5.43 Å². The maximum Gasteiger partial charge on any atom is 0.272 e. The van der Waals surface area contributed by atoms with E-state index in [9.17, 15) is 13.2 Å². The number of carbonyl (C=O) groups excluding carboxylic acids is 1. The van der Waals surface area contributed by atoms with Crippen molar-refractivity contribution < 1.29 is 17.9 Å². The molecule has 0 aliphatic rings. The molecular weight excluding hydrogens is 316 g/mol. The van der Waals surface area contributed by atoms with Crippen molar-refractivity contribution in [2.24, 2.45) is 0 Å². The van der Waals surface area contributed by atoms with Gasteiger partial charge in [0.05, 0.1) is 4.90 Å². The van der Waals surface area contributed by atoms with E-state index in [1.807, 2.05) is 30.8 Å². The van der Waals surface area contributed by atoms with Crippen LogP contribution in [0.4, 0.5) is 0 Å². The lowest BCUT2D eigenvalue weighted by molar-refractivity contribution is -0.123. The SMILES string of the molecule is Cc1ccc(OCC(=O)NNS(=O)(=O)c2ccc(C)cc2)cc1. The fourth-order valence-electron chi connectivity index (χ4n) is 1.72. The molecule has 2 N–H and O–H groups in total. The number of hydrogen-bond acceptors (Lipinski definition) is 4. The fraction of sp³-hybridized carbons (Fsp3) is 0.188. The summed E-state index contributed by atoms with van der Waals surface area (Å²) in [6.07, 6.45) is 0. The molecule has 0 aromatic heterocycles. The van der Waals surface area contributed by atoms with Crippen LogP contribution in [0, 0.1) is 13.8 Å². The molecule has 0 radical (unpaired) electrons. The molecule has 0 fully saturated rings. The Bertz CT molecular complexity index is 769. The molecule has 0 spiro atoms. The first-order valence-corrected chi connectivity index (χ1v) is 8.42. The van der Waals surface area contributed by atoms with Gasteiger partial charge in [-0.25, -0.2) is 8.42 Å². The molecule has 23 heavy (non-hydrogen) atoms. The molecule has 2 rings (SSSR count). The number of sulfonamides is 1. The molecule has 0 unspecified atom stereocenters. The number of benzene rings is 2. The van der Waals surface area contributed by atoms with Crippen molar-refractivity contribution in [3.05, 3.63) is 59.7 Å². The number of hydrogen-bond donors (Lipinski definition) is 2. The van der Waals surface area contributed by atoms with Crippen LogP contribution in [0.2, 0.25) is 0 Å². The third kappa shape index (κ3) is 5.08. The van der Waals surface area contributed by atoms with E-state index in [4.69, 9.17) is 4.74 Å². The first kappa shape index (κ1) is 17.0. The van der Waals surface area contributed by atoms with Gasteiger partial charge in [-0.1, -0.05) is 35.4 Å². The lowest BCUT2D eigenvalue weighted by Crippen LogP contribution is -2.43. The van der Waals surface area contributed by atoms with Crippen LogP contribution in [0.25, 0.3) is 0 Å². The zero-order valence-corrected chi connectivity index (χ0v) is 13.7. The number of aryl methyl sites for hydroxylation is 2. The Morgan fingerprint density at radius 1 is 0.957 bits per heavy atom. The molecule has 6 nitrogen and oxygen atoms in total. The third-order valence-corrected chi connectivity index (χ3v) is 4.31. The number of carbonyl (C=O) groups is 1. The summed E-state index contributed by atoms with van der Waals surface area (Å²) in [4.78, 5) is 13.8. The maximum absolute atomic E-state index is 12.0. The van der Waals surface area contributed by atoms with Gasteiger partial charge in [-0.3, -0.25) is 10.2 Å². The highest BCUT2D eigenvalue weighted by molar-refractivity contribution is 7.89. The monoisotopic (exact) mass is 334 g/mol. The van der Waals surface area contributed by atoms with Gasteiger partial charge in [-0.15, -0.1) is 4.83 Å². The second-order valence-corrected chi connectivity index (χ2v) is 6.75. The number of rotatable bonds is 6. The van der Waals surface area contributed by atoms with Crippen molar-refractivity contribution in [3.8, 4) is 5.75 Å². The molecule has 1 amide bonds. The van der Waals surface area contributed by atoms with Crippen LogP contribution in [-0.4, -0.2) is 20.9 Å². The third-order valence-electron chi connectivity index (χ3n) is 3.05. The highest BCUT2D eigenvalue weighted by atomic mass is 32.2. The minimum atomic E-state index is -3.80. The Kier molecular flexibility index (Phi) is 5.36. The minimum Gasteiger partial charge on any atom is -0.484 e. The molecule has 2 aromatic rings. The molecule has 0 heterocycles. The number of amides is 1. The summed E-state index contributed by atoms with van der Waals surface area (Å²) in [6.45, 7) is 3.50. The topological polar surface area (TPSA) is 84.5 Å². The highest BCUT2D eigenvalue weighted by Gasteiger charge is 2.14. The molecule has 0 saturated carbocycles. The van der Waals surface area contributed by atoms with Crippen molar-refractivity contribution in [2.45, 2.75) is 18.7 Å². The molecular formula is C16H18N2O4S. The molecule has 122 valence electrons. The second kappa shape index (κ2) is 7.26. The summed E-state index contributed by atoms with van der Waals surface area (Å²) in [6, 6.07) is 13.5. The predicted octanol–water partition coefficient (Wildman–Crippen LogP) is 1.69. The molecule has 0 saturated heterocycles. The summed E-state index contributed by atoms with van der Waals surface area (Å²) < 4.78 is 29.2. The van der Waals surface area contributed by atoms with Gasteiger partial charge < -0.3 is 4.74 Å². The lowest BCUT2D eigenvalue weighted by Gasteiger charge is -2.10. The number of hydrazine groups is 1. The highest BCUT2D eigenvalue weighted by Crippen LogP contribution is 2.11. The minimum absolute atomic E-state index is 0.0721. The maximum atomic E-state index is 12.0. The van der Waals surface area contributed by atoms with Crippen molar-refractivity contribution in [1.29, 1.82) is 0 Å². The van der Waals surface area contributed by atoms with Crippen molar-refractivity contribution in [1.82, 2.24) is 10.3 Å². The summed E-state index contributed by atoms with van der Waals surface area (Å²) in [5.74, 6) is -0.0617. The van der Waals surface area contributed by atoms with Crippen LogP contribution in [0.15, 0.2) is 53.4 Å². The lowest BCUT2D eigenvalue weighted by atomic mass is 10.2. The van der Waals surface area contributed by atoms with Crippen LogP contribution in [0.3, 0.4) is 0 Å². The quantitative estimate of drug-likeness (QED) is 0.788. The van der Waals surface area contributed by atoms with Gasteiger partial charge in [0.25, 0.3) is 15.9 Å². The van der Waals surface area contributed by atoms with Gasteiger partial charge in [0.2, 0.25) is 0 Å². The van der Waals surface area contributed by atoms with Crippen LogP contribution in [-0.2, 0) is 14.8 Å². The number of nitrogens with one attached hydrogen (secondary N) is 2. The Morgan fingerprint density at radius 2 is 1.48 bits per heavy atom. The summed E-state index contributed by atoms with van der Waals surface area (Å²) in [5.41, 5.74) is 4.14. The second-order valence-electron chi connectivity index (χ2n) is 5.07. The zero-order chi connectivity index (χ0) is 16.9. The van der Waals surface area contributed by atoms with Gasteiger partial charge in [-0.05, 0) is 38.1 Å². The summed E-state index contributed by atoms with van der Waals surface area (Å²) in [7, 11) is -3.80. The molecule has 7 heteroatoms. The van der Waals surface area contributed by atoms with Crippen molar-refractivity contribution >= 4 is 15.9 Å². The van der Waals surface area contributed by atoms with E-state index in [0.717, 1.165) is 11.1 Å². The summed E-state index contributed by atoms with van der Waals surface area (Å²) in [5, 5.41) is 0. The Hall–Kier alpha value is -2.38. The first-order valence-electron chi connectivity index (χ1n) is 6.93. The van der Waals surface area contributed by atoms with Crippen molar-refractivity contribution in [3.63, 3.8) is 0 Å². The Morgan fingerprint density at radius 3 is 2.04 bits per heavy atom. The molecule has 0 bridgehead atoms.